The van der Waals surface area contributed by atoms with Crippen molar-refractivity contribution in [3.63, 3.8) is 0 Å². The summed E-state index contributed by atoms with van der Waals surface area (Å²) in [4.78, 5) is 0. The van der Waals surface area contributed by atoms with Gasteiger partial charge in [-0.05, 0) is 87.0 Å². The maximum Gasteiger partial charge on any atom is 0.213 e. The zero-order valence-corrected chi connectivity index (χ0v) is 17.6. The summed E-state index contributed by atoms with van der Waals surface area (Å²) in [6.45, 7) is 0. The largest absolute Gasteiger partial charge is 0.496 e. The minimum Gasteiger partial charge on any atom is -0.496 e. The number of hydrogen-bond acceptors (Lipinski definition) is 3. The van der Waals surface area contributed by atoms with Gasteiger partial charge in [0, 0.05) is 0 Å². The SMILES string of the molecule is COc1ccc(C2=C(c3ccc(CS(N)(=O)=O)cc3)CC3(CC3)C2)cc1Br. The lowest BCUT2D eigenvalue weighted by Crippen LogP contribution is -2.14. The van der Waals surface area contributed by atoms with Crippen LogP contribution in [0.5, 0.6) is 5.75 Å². The molecule has 142 valence electrons. The Kier molecular flexibility index (Phi) is 4.69. The zero-order valence-electron chi connectivity index (χ0n) is 15.2. The molecule has 0 saturated heterocycles. The number of methoxy groups -OCH3 is 1. The molecule has 2 aliphatic rings. The van der Waals surface area contributed by atoms with E-state index in [0.717, 1.165) is 28.6 Å². The van der Waals surface area contributed by atoms with E-state index in [4.69, 9.17) is 9.88 Å². The number of sulfonamides is 1. The number of rotatable bonds is 5. The fourth-order valence-electron chi connectivity index (χ4n) is 4.00. The fourth-order valence-corrected chi connectivity index (χ4v) is 5.20. The lowest BCUT2D eigenvalue weighted by molar-refractivity contribution is 0.412. The van der Waals surface area contributed by atoms with Crippen molar-refractivity contribution < 1.29 is 13.2 Å². The first-order valence-corrected chi connectivity index (χ1v) is 11.5. The van der Waals surface area contributed by atoms with Gasteiger partial charge in [0.15, 0.2) is 0 Å². The highest BCUT2D eigenvalue weighted by Crippen LogP contribution is 2.63. The number of ether oxygens (including phenoxy) is 1. The second-order valence-corrected chi connectivity index (χ2v) is 10.1. The van der Waals surface area contributed by atoms with Crippen LogP contribution in [-0.2, 0) is 15.8 Å². The molecule has 2 aromatic carbocycles. The molecule has 0 amide bonds. The number of halogens is 1. The van der Waals surface area contributed by atoms with Gasteiger partial charge in [-0.2, -0.15) is 0 Å². The van der Waals surface area contributed by atoms with Gasteiger partial charge in [0.1, 0.15) is 5.75 Å². The third kappa shape index (κ3) is 3.98. The highest BCUT2D eigenvalue weighted by molar-refractivity contribution is 9.10. The molecule has 0 heterocycles. The summed E-state index contributed by atoms with van der Waals surface area (Å²) in [6, 6.07) is 14.0. The Labute approximate surface area is 168 Å². The summed E-state index contributed by atoms with van der Waals surface area (Å²) in [5.74, 6) is 0.696. The standard InChI is InChI=1S/C21H22BrNO3S/c1-26-20-7-6-16(10-19(20)22)18-12-21(8-9-21)11-17(18)15-4-2-14(3-5-15)13-27(23,24)25/h2-7,10H,8-9,11-13H2,1H3,(H2,23,24,25). The van der Waals surface area contributed by atoms with E-state index in [1.165, 1.54) is 35.1 Å². The molecule has 4 nitrogen and oxygen atoms in total. The molecule has 0 bridgehead atoms. The van der Waals surface area contributed by atoms with E-state index in [0.29, 0.717) is 5.41 Å². The average Bonchev–Trinajstić information content (AvgIpc) is 3.25. The molecular formula is C21H22BrNO3S. The first kappa shape index (κ1) is 18.7. The molecule has 2 aromatic rings. The minimum atomic E-state index is -3.51. The van der Waals surface area contributed by atoms with Crippen LogP contribution in [0.4, 0.5) is 0 Å². The Bertz CT molecular complexity index is 1020. The van der Waals surface area contributed by atoms with E-state index in [9.17, 15) is 8.42 Å². The Morgan fingerprint density at radius 2 is 1.63 bits per heavy atom. The van der Waals surface area contributed by atoms with Crippen molar-refractivity contribution in [2.24, 2.45) is 10.6 Å². The van der Waals surface area contributed by atoms with Crippen molar-refractivity contribution in [3.8, 4) is 5.75 Å². The molecule has 1 saturated carbocycles. The van der Waals surface area contributed by atoms with Gasteiger partial charge in [0.05, 0.1) is 17.3 Å². The third-order valence-corrected chi connectivity index (χ3v) is 6.95. The van der Waals surface area contributed by atoms with Crippen molar-refractivity contribution in [2.75, 3.05) is 7.11 Å². The van der Waals surface area contributed by atoms with Crippen LogP contribution in [0.2, 0.25) is 0 Å². The van der Waals surface area contributed by atoms with Gasteiger partial charge >= 0.3 is 0 Å². The monoisotopic (exact) mass is 447 g/mol. The summed E-state index contributed by atoms with van der Waals surface area (Å²) in [5, 5.41) is 5.16. The van der Waals surface area contributed by atoms with Crippen molar-refractivity contribution >= 4 is 37.1 Å². The molecule has 2 N–H and O–H groups in total. The van der Waals surface area contributed by atoms with Crippen LogP contribution in [0.1, 0.15) is 42.4 Å². The summed E-state index contributed by atoms with van der Waals surface area (Å²) >= 11 is 3.60. The molecule has 27 heavy (non-hydrogen) atoms. The fraction of sp³-hybridized carbons (Fsp3) is 0.333. The van der Waals surface area contributed by atoms with Crippen LogP contribution in [0, 0.1) is 5.41 Å². The number of nitrogens with two attached hydrogens (primary N) is 1. The topological polar surface area (TPSA) is 69.4 Å². The zero-order chi connectivity index (χ0) is 19.2. The highest BCUT2D eigenvalue weighted by Gasteiger charge is 2.48. The second kappa shape index (κ2) is 6.76. The predicted molar refractivity (Wildman–Crippen MR) is 112 cm³/mol. The molecule has 6 heteroatoms. The van der Waals surface area contributed by atoms with Crippen molar-refractivity contribution in [1.82, 2.24) is 0 Å². The van der Waals surface area contributed by atoms with Crippen molar-refractivity contribution in [2.45, 2.75) is 31.4 Å². The van der Waals surface area contributed by atoms with Crippen LogP contribution in [0.3, 0.4) is 0 Å². The van der Waals surface area contributed by atoms with Crippen LogP contribution in [0.15, 0.2) is 46.9 Å². The van der Waals surface area contributed by atoms with Crippen LogP contribution in [0.25, 0.3) is 11.1 Å². The molecular weight excluding hydrogens is 426 g/mol. The Balaban J connectivity index is 1.71. The maximum atomic E-state index is 11.3. The van der Waals surface area contributed by atoms with Crippen LogP contribution >= 0.6 is 15.9 Å². The van der Waals surface area contributed by atoms with E-state index < -0.39 is 10.0 Å². The van der Waals surface area contributed by atoms with Gasteiger partial charge in [0.2, 0.25) is 10.0 Å². The molecule has 0 aliphatic heterocycles. The molecule has 0 atom stereocenters. The minimum absolute atomic E-state index is 0.130. The number of hydrogen-bond donors (Lipinski definition) is 1. The van der Waals surface area contributed by atoms with Gasteiger partial charge in [-0.25, -0.2) is 13.6 Å². The number of primary sulfonamides is 1. The molecule has 2 aliphatic carbocycles. The first-order chi connectivity index (χ1) is 12.8. The molecule has 0 aromatic heterocycles. The normalized spacial score (nSPS) is 18.2. The van der Waals surface area contributed by atoms with Gasteiger partial charge in [-0.1, -0.05) is 30.3 Å². The first-order valence-electron chi connectivity index (χ1n) is 8.94. The number of benzene rings is 2. The van der Waals surface area contributed by atoms with Gasteiger partial charge in [0.25, 0.3) is 0 Å². The predicted octanol–water partition coefficient (Wildman–Crippen LogP) is 4.73. The Hall–Kier alpha value is -1.63. The summed E-state index contributed by atoms with van der Waals surface area (Å²) in [6.07, 6.45) is 4.74. The maximum absolute atomic E-state index is 11.3. The van der Waals surface area contributed by atoms with Crippen molar-refractivity contribution in [1.29, 1.82) is 0 Å². The van der Waals surface area contributed by atoms with E-state index in [-0.39, 0.29) is 5.75 Å². The van der Waals surface area contributed by atoms with Crippen LogP contribution < -0.4 is 9.88 Å². The van der Waals surface area contributed by atoms with E-state index in [1.807, 2.05) is 30.3 Å². The molecule has 0 radical (unpaired) electrons. The summed E-state index contributed by atoms with van der Waals surface area (Å²) < 4.78 is 28.9. The quantitative estimate of drug-likeness (QED) is 0.719. The number of allylic oxidation sites excluding steroid dienone is 2. The summed E-state index contributed by atoms with van der Waals surface area (Å²) in [7, 11) is -1.84. The second-order valence-electron chi connectivity index (χ2n) is 7.66. The van der Waals surface area contributed by atoms with Gasteiger partial charge in [-0.15, -0.1) is 0 Å². The lowest BCUT2D eigenvalue weighted by atomic mass is 9.96. The highest BCUT2D eigenvalue weighted by atomic mass is 79.9. The third-order valence-electron chi connectivity index (χ3n) is 5.60. The molecule has 4 rings (SSSR count). The Morgan fingerprint density at radius 3 is 2.15 bits per heavy atom. The van der Waals surface area contributed by atoms with Gasteiger partial charge in [-0.3, -0.25) is 0 Å². The lowest BCUT2D eigenvalue weighted by Gasteiger charge is -2.11. The van der Waals surface area contributed by atoms with E-state index in [2.05, 4.69) is 28.1 Å². The van der Waals surface area contributed by atoms with E-state index >= 15 is 0 Å². The van der Waals surface area contributed by atoms with Crippen molar-refractivity contribution in [3.05, 3.63) is 63.6 Å². The molecule has 1 fully saturated rings. The molecule has 1 spiro atoms. The van der Waals surface area contributed by atoms with E-state index in [1.54, 1.807) is 7.11 Å². The Morgan fingerprint density at radius 1 is 1.04 bits per heavy atom. The average molecular weight is 448 g/mol. The van der Waals surface area contributed by atoms with Crippen LogP contribution in [-0.4, -0.2) is 15.5 Å². The van der Waals surface area contributed by atoms with Gasteiger partial charge < -0.3 is 4.74 Å². The molecule has 0 unspecified atom stereocenters. The smallest absolute Gasteiger partial charge is 0.213 e. The summed E-state index contributed by atoms with van der Waals surface area (Å²) in [5.41, 5.74) is 6.28.